The van der Waals surface area contributed by atoms with Gasteiger partial charge in [0, 0.05) is 0 Å². The second kappa shape index (κ2) is 8.20. The van der Waals surface area contributed by atoms with Crippen LogP contribution in [0.3, 0.4) is 0 Å². The van der Waals surface area contributed by atoms with Crippen molar-refractivity contribution in [3.05, 3.63) is 54.6 Å². The van der Waals surface area contributed by atoms with Gasteiger partial charge in [0.15, 0.2) is 0 Å². The zero-order valence-corrected chi connectivity index (χ0v) is 14.7. The molecule has 3 rings (SSSR count). The maximum absolute atomic E-state index is 2.24. The van der Waals surface area contributed by atoms with E-state index >= 15 is 0 Å². The van der Waals surface area contributed by atoms with Gasteiger partial charge >= 0.3 is 25.8 Å². The molecule has 0 radical (unpaired) electrons. The third-order valence-corrected chi connectivity index (χ3v) is 2.52. The molecule has 0 aliphatic rings. The maximum Gasteiger partial charge on any atom is 4.00 e. The number of rotatable bonds is 0. The van der Waals surface area contributed by atoms with Crippen molar-refractivity contribution in [3.8, 4) is 0 Å². The Morgan fingerprint density at radius 3 is 1.35 bits per heavy atom. The molecule has 4 heteroatoms. The third-order valence-electron chi connectivity index (χ3n) is 2.52. The summed E-state index contributed by atoms with van der Waals surface area (Å²) in [7, 11) is 0. The molecule has 0 saturated carbocycles. The first kappa shape index (κ1) is 19.4. The Hall–Kier alpha value is 0.0501. The topological polar surface area (TPSA) is 0 Å². The molecule has 0 aliphatic carbocycles. The molecule has 0 aliphatic heterocycles. The van der Waals surface area contributed by atoms with E-state index in [1.165, 1.54) is 21.5 Å². The van der Waals surface area contributed by atoms with Crippen molar-refractivity contribution in [2.75, 3.05) is 0 Å². The van der Waals surface area contributed by atoms with E-state index < -0.39 is 0 Å². The van der Waals surface area contributed by atoms with Gasteiger partial charge in [-0.3, -0.25) is 0 Å². The Morgan fingerprint density at radius 1 is 0.588 bits per heavy atom. The van der Waals surface area contributed by atoms with Crippen LogP contribution in [0.5, 0.6) is 0 Å². The minimum atomic E-state index is 0. The Balaban J connectivity index is 0. The predicted molar refractivity (Wildman–Crippen MR) is 57.0 cm³/mol. The van der Waals surface area contributed by atoms with Gasteiger partial charge in [0.25, 0.3) is 0 Å². The van der Waals surface area contributed by atoms with Gasteiger partial charge in [-0.1, -0.05) is 36.4 Å². The quantitative estimate of drug-likeness (QED) is 0.238. The molecule has 86 valence electrons. The molecule has 0 aromatic heterocycles. The molecule has 0 amide bonds. The van der Waals surface area contributed by atoms with Crippen LogP contribution in [0.25, 0.3) is 21.5 Å². The smallest absolute Gasteiger partial charge is 1.00 e. The molecule has 3 aromatic carbocycles. The zero-order chi connectivity index (χ0) is 8.67. The predicted octanol–water partition coefficient (Wildman–Crippen LogP) is -5.28. The van der Waals surface area contributed by atoms with Crippen molar-refractivity contribution < 1.29 is 63.1 Å². The van der Waals surface area contributed by atoms with E-state index in [0.29, 0.717) is 0 Å². The van der Waals surface area contributed by atoms with Gasteiger partial charge in [-0.05, 0) is 0 Å². The summed E-state index contributed by atoms with van der Waals surface area (Å²) in [5, 5.41) is 5.39. The van der Waals surface area contributed by atoms with Crippen LogP contribution in [0.2, 0.25) is 0 Å². The fourth-order valence-corrected chi connectivity index (χ4v) is 1.90. The van der Waals surface area contributed by atoms with Gasteiger partial charge in [0.1, 0.15) is 0 Å². The molecule has 0 atom stereocenters. The largest absolute Gasteiger partial charge is 4.00 e. The average Bonchev–Trinajstić information content (AvgIpc) is 2.56. The Bertz CT molecular complexity index is 524. The number of hydrogen-bond acceptors (Lipinski definition) is 0. The van der Waals surface area contributed by atoms with Gasteiger partial charge in [-0.15, -0.1) is 39.7 Å². The van der Waals surface area contributed by atoms with E-state index in [1.807, 2.05) is 0 Å². The van der Waals surface area contributed by atoms with Gasteiger partial charge < -0.3 is 37.2 Å². The van der Waals surface area contributed by atoms with Crippen molar-refractivity contribution in [3.63, 3.8) is 0 Å². The number of halogens is 3. The first-order valence-electron chi connectivity index (χ1n) is 4.48. The van der Waals surface area contributed by atoms with Crippen molar-refractivity contribution >= 4 is 21.5 Å². The second-order valence-corrected chi connectivity index (χ2v) is 3.32. The van der Waals surface area contributed by atoms with Crippen molar-refractivity contribution in [1.82, 2.24) is 0 Å². The summed E-state index contributed by atoms with van der Waals surface area (Å²) < 4.78 is 0. The monoisotopic (exact) mass is 450 g/mol. The summed E-state index contributed by atoms with van der Waals surface area (Å²) >= 11 is 0. The van der Waals surface area contributed by atoms with Gasteiger partial charge in [0.2, 0.25) is 0 Å². The van der Waals surface area contributed by atoms with Gasteiger partial charge in [-0.2, -0.15) is 0 Å². The van der Waals surface area contributed by atoms with Crippen LogP contribution in [-0.4, -0.2) is 0 Å². The van der Waals surface area contributed by atoms with Gasteiger partial charge in [-0.25, -0.2) is 0 Å². The average molecular weight is 450 g/mol. The summed E-state index contributed by atoms with van der Waals surface area (Å²) in [6, 6.07) is 19.3. The van der Waals surface area contributed by atoms with Crippen molar-refractivity contribution in [1.29, 1.82) is 0 Å². The number of benzene rings is 2. The van der Waals surface area contributed by atoms with E-state index in [-0.39, 0.29) is 63.1 Å². The van der Waals surface area contributed by atoms with E-state index in [0.717, 1.165) is 0 Å². The molecular formula is C13H9Cl3Hf. The van der Waals surface area contributed by atoms with E-state index in [9.17, 15) is 0 Å². The Morgan fingerprint density at radius 2 is 0.941 bits per heavy atom. The van der Waals surface area contributed by atoms with Crippen molar-refractivity contribution in [2.24, 2.45) is 0 Å². The minimum absolute atomic E-state index is 0. The van der Waals surface area contributed by atoms with E-state index in [4.69, 9.17) is 0 Å². The van der Waals surface area contributed by atoms with Crippen molar-refractivity contribution in [2.45, 2.75) is 0 Å². The number of fused-ring (bicyclic) bond motifs is 3. The fourth-order valence-electron chi connectivity index (χ4n) is 1.90. The molecule has 0 spiro atoms. The minimum Gasteiger partial charge on any atom is -1.00 e. The fraction of sp³-hybridized carbons (Fsp3) is 0. The normalized spacial score (nSPS) is 8.47. The SMILES string of the molecule is [Cl-].[Cl-].[Cl-].[Hf+4].c1ccc2c(c1)[cH-]c1ccccc12. The summed E-state index contributed by atoms with van der Waals surface area (Å²) in [6.45, 7) is 0. The zero-order valence-electron chi connectivity index (χ0n) is 8.83. The molecule has 0 fully saturated rings. The molecule has 0 unspecified atom stereocenters. The van der Waals surface area contributed by atoms with Crippen LogP contribution < -0.4 is 37.2 Å². The standard InChI is InChI=1S/C13H9.3ClH.Hf/c1-3-7-12-10(5-1)9-11-6-2-4-8-13(11)12;;;;/h1-9H;3*1H;/q-1;;;;+4/p-3. The first-order valence-corrected chi connectivity index (χ1v) is 4.48. The molecule has 0 heterocycles. The van der Waals surface area contributed by atoms with Gasteiger partial charge in [0.05, 0.1) is 0 Å². The maximum atomic E-state index is 2.24. The third kappa shape index (κ3) is 3.51. The van der Waals surface area contributed by atoms with Crippen LogP contribution in [0.1, 0.15) is 0 Å². The van der Waals surface area contributed by atoms with E-state index in [1.54, 1.807) is 0 Å². The summed E-state index contributed by atoms with van der Waals surface area (Å²) in [5.41, 5.74) is 0. The summed E-state index contributed by atoms with van der Waals surface area (Å²) in [6.07, 6.45) is 0. The molecule has 0 nitrogen and oxygen atoms in total. The molecule has 0 N–H and O–H groups in total. The number of hydrogen-bond donors (Lipinski definition) is 0. The second-order valence-electron chi connectivity index (χ2n) is 3.32. The summed E-state index contributed by atoms with van der Waals surface area (Å²) in [4.78, 5) is 0. The Labute approximate surface area is 138 Å². The molecular weight excluding hydrogens is 441 g/mol. The Kier molecular flexibility index (Phi) is 9.36. The molecule has 0 saturated heterocycles. The van der Waals surface area contributed by atoms with Crippen LogP contribution in [0, 0.1) is 0 Å². The molecule has 3 aromatic rings. The van der Waals surface area contributed by atoms with E-state index in [2.05, 4.69) is 54.6 Å². The molecule has 17 heavy (non-hydrogen) atoms. The first-order chi connectivity index (χ1) is 6.45. The van der Waals surface area contributed by atoms with Crippen LogP contribution in [0.4, 0.5) is 0 Å². The van der Waals surface area contributed by atoms with Crippen LogP contribution in [-0.2, 0) is 25.8 Å². The summed E-state index contributed by atoms with van der Waals surface area (Å²) in [5.74, 6) is 0. The molecule has 0 bridgehead atoms. The van der Waals surface area contributed by atoms with Crippen LogP contribution >= 0.6 is 0 Å². The van der Waals surface area contributed by atoms with Crippen LogP contribution in [0.15, 0.2) is 54.6 Å².